The molecule has 3 rings (SSSR count). The Labute approximate surface area is 170 Å². The lowest BCUT2D eigenvalue weighted by atomic mass is 9.96. The van der Waals surface area contributed by atoms with Crippen molar-refractivity contribution in [2.45, 2.75) is 58.5 Å². The van der Waals surface area contributed by atoms with E-state index in [1.165, 1.54) is 12.1 Å². The van der Waals surface area contributed by atoms with Crippen molar-refractivity contribution < 1.29 is 18.5 Å². The number of piperazine rings is 1. The Bertz CT molecular complexity index is 847. The highest BCUT2D eigenvalue weighted by Crippen LogP contribution is 2.24. The molecule has 29 heavy (non-hydrogen) atoms. The van der Waals surface area contributed by atoms with E-state index in [0.717, 1.165) is 19.3 Å². The SMILES string of the molecule is CCCC[C@H]1CN(C(=O)c2cc(-c3ccc(F)cc3)on2)[C@@H](CC(C)C)C(=O)N1. The number of benzene rings is 1. The maximum atomic E-state index is 13.2. The minimum Gasteiger partial charge on any atom is -0.355 e. The van der Waals surface area contributed by atoms with Gasteiger partial charge in [0, 0.05) is 24.2 Å². The number of amides is 2. The quantitative estimate of drug-likeness (QED) is 0.760. The molecular weight excluding hydrogens is 373 g/mol. The van der Waals surface area contributed by atoms with Gasteiger partial charge in [-0.3, -0.25) is 9.59 Å². The van der Waals surface area contributed by atoms with Crippen LogP contribution in [0.5, 0.6) is 0 Å². The van der Waals surface area contributed by atoms with Crippen LogP contribution in [0, 0.1) is 11.7 Å². The van der Waals surface area contributed by atoms with Crippen LogP contribution in [-0.4, -0.2) is 40.5 Å². The van der Waals surface area contributed by atoms with Gasteiger partial charge in [-0.25, -0.2) is 4.39 Å². The predicted octanol–water partition coefficient (Wildman–Crippen LogP) is 4.03. The Hall–Kier alpha value is -2.70. The Kier molecular flexibility index (Phi) is 6.67. The number of rotatable bonds is 7. The summed E-state index contributed by atoms with van der Waals surface area (Å²) in [4.78, 5) is 27.6. The Morgan fingerprint density at radius 1 is 1.34 bits per heavy atom. The Balaban J connectivity index is 1.83. The molecule has 0 saturated carbocycles. The summed E-state index contributed by atoms with van der Waals surface area (Å²) in [6.45, 7) is 6.62. The first kappa shape index (κ1) is 21.0. The third-order valence-electron chi connectivity index (χ3n) is 5.16. The molecule has 1 fully saturated rings. The molecule has 0 bridgehead atoms. The van der Waals surface area contributed by atoms with Crippen LogP contribution in [0.4, 0.5) is 4.39 Å². The molecule has 0 radical (unpaired) electrons. The fourth-order valence-electron chi connectivity index (χ4n) is 3.64. The molecule has 1 aliphatic rings. The molecule has 6 nitrogen and oxygen atoms in total. The first-order valence-corrected chi connectivity index (χ1v) is 10.2. The number of carbonyl (C=O) groups excluding carboxylic acids is 2. The van der Waals surface area contributed by atoms with Gasteiger partial charge in [0.1, 0.15) is 11.9 Å². The van der Waals surface area contributed by atoms with Crippen molar-refractivity contribution in [2.75, 3.05) is 6.54 Å². The lowest BCUT2D eigenvalue weighted by Crippen LogP contribution is -2.61. The van der Waals surface area contributed by atoms with Crippen LogP contribution in [0.1, 0.15) is 56.9 Å². The summed E-state index contributed by atoms with van der Waals surface area (Å²) in [5.74, 6) is -0.123. The van der Waals surface area contributed by atoms with E-state index in [2.05, 4.69) is 17.4 Å². The van der Waals surface area contributed by atoms with Gasteiger partial charge in [-0.05, 0) is 43.0 Å². The van der Waals surface area contributed by atoms with E-state index in [4.69, 9.17) is 4.52 Å². The number of aromatic nitrogens is 1. The van der Waals surface area contributed by atoms with Crippen LogP contribution in [0.15, 0.2) is 34.9 Å². The monoisotopic (exact) mass is 401 g/mol. The van der Waals surface area contributed by atoms with Gasteiger partial charge in [-0.1, -0.05) is 38.8 Å². The predicted molar refractivity (Wildman–Crippen MR) is 108 cm³/mol. The van der Waals surface area contributed by atoms with Gasteiger partial charge in [0.05, 0.1) is 0 Å². The number of halogens is 1. The van der Waals surface area contributed by atoms with Gasteiger partial charge in [-0.2, -0.15) is 0 Å². The zero-order chi connectivity index (χ0) is 21.0. The third kappa shape index (κ3) is 5.02. The summed E-state index contributed by atoms with van der Waals surface area (Å²) in [6.07, 6.45) is 3.43. The van der Waals surface area contributed by atoms with Gasteiger partial charge < -0.3 is 14.7 Å². The molecule has 1 N–H and O–H groups in total. The van der Waals surface area contributed by atoms with Crippen molar-refractivity contribution in [3.8, 4) is 11.3 Å². The minimum absolute atomic E-state index is 0.0571. The number of carbonyl (C=O) groups is 2. The van der Waals surface area contributed by atoms with Crippen LogP contribution < -0.4 is 5.32 Å². The summed E-state index contributed by atoms with van der Waals surface area (Å²) < 4.78 is 18.5. The molecule has 2 atom stereocenters. The second-order valence-electron chi connectivity index (χ2n) is 8.03. The van der Waals surface area contributed by atoms with Crippen molar-refractivity contribution >= 4 is 11.8 Å². The van der Waals surface area contributed by atoms with E-state index in [1.54, 1.807) is 23.1 Å². The maximum absolute atomic E-state index is 13.2. The molecule has 0 unspecified atom stereocenters. The molecule has 2 amide bonds. The fraction of sp³-hybridized carbons (Fsp3) is 0.500. The first-order chi connectivity index (χ1) is 13.9. The van der Waals surface area contributed by atoms with Crippen LogP contribution in [0.25, 0.3) is 11.3 Å². The second kappa shape index (κ2) is 9.20. The largest absolute Gasteiger partial charge is 0.355 e. The molecular formula is C22H28FN3O3. The molecule has 0 spiro atoms. The minimum atomic E-state index is -0.522. The third-order valence-corrected chi connectivity index (χ3v) is 5.16. The smallest absolute Gasteiger partial charge is 0.276 e. The maximum Gasteiger partial charge on any atom is 0.276 e. The van der Waals surface area contributed by atoms with E-state index in [9.17, 15) is 14.0 Å². The van der Waals surface area contributed by atoms with Gasteiger partial charge in [-0.15, -0.1) is 0 Å². The number of unbranched alkanes of at least 4 members (excludes halogenated alkanes) is 1. The summed E-state index contributed by atoms with van der Waals surface area (Å²) in [6, 6.07) is 6.76. The van der Waals surface area contributed by atoms with E-state index >= 15 is 0 Å². The molecule has 7 heteroatoms. The summed E-state index contributed by atoms with van der Waals surface area (Å²) in [5, 5.41) is 6.99. The van der Waals surface area contributed by atoms with E-state index in [-0.39, 0.29) is 35.3 Å². The molecule has 2 heterocycles. The molecule has 1 aromatic carbocycles. The molecule has 156 valence electrons. The highest BCUT2D eigenvalue weighted by Gasteiger charge is 2.38. The normalized spacial score (nSPS) is 19.5. The van der Waals surface area contributed by atoms with Gasteiger partial charge in [0.15, 0.2) is 11.5 Å². The first-order valence-electron chi connectivity index (χ1n) is 10.2. The second-order valence-corrected chi connectivity index (χ2v) is 8.03. The zero-order valence-electron chi connectivity index (χ0n) is 17.2. The molecule has 1 saturated heterocycles. The number of hydrogen-bond donors (Lipinski definition) is 1. The number of nitrogens with zero attached hydrogens (tertiary/aromatic N) is 2. The van der Waals surface area contributed by atoms with Crippen molar-refractivity contribution in [3.05, 3.63) is 41.8 Å². The van der Waals surface area contributed by atoms with Crippen molar-refractivity contribution in [1.29, 1.82) is 0 Å². The lowest BCUT2D eigenvalue weighted by Gasteiger charge is -2.39. The fourth-order valence-corrected chi connectivity index (χ4v) is 3.64. The highest BCUT2D eigenvalue weighted by molar-refractivity contribution is 5.97. The lowest BCUT2D eigenvalue weighted by molar-refractivity contribution is -0.130. The van der Waals surface area contributed by atoms with Gasteiger partial charge >= 0.3 is 0 Å². The van der Waals surface area contributed by atoms with Crippen LogP contribution >= 0.6 is 0 Å². The Morgan fingerprint density at radius 2 is 2.07 bits per heavy atom. The summed E-state index contributed by atoms with van der Waals surface area (Å²) in [7, 11) is 0. The average Bonchev–Trinajstić information content (AvgIpc) is 3.18. The standard InChI is InChI=1S/C22H28FN3O3/c1-4-5-6-17-13-26(19(11-14(2)3)21(27)24-17)22(28)18-12-20(29-25-18)15-7-9-16(23)10-8-15/h7-10,12,14,17,19H,4-6,11,13H2,1-3H3,(H,24,27)/t17-,19-/m0/s1. The molecule has 1 aromatic heterocycles. The highest BCUT2D eigenvalue weighted by atomic mass is 19.1. The van der Waals surface area contributed by atoms with Gasteiger partial charge in [0.25, 0.3) is 5.91 Å². The van der Waals surface area contributed by atoms with E-state index in [0.29, 0.717) is 24.3 Å². The van der Waals surface area contributed by atoms with Gasteiger partial charge in [0.2, 0.25) is 5.91 Å². The summed E-state index contributed by atoms with van der Waals surface area (Å²) in [5.41, 5.74) is 0.788. The van der Waals surface area contributed by atoms with Crippen molar-refractivity contribution in [2.24, 2.45) is 5.92 Å². The number of nitrogens with one attached hydrogen (secondary N) is 1. The molecule has 0 aliphatic carbocycles. The molecule has 1 aliphatic heterocycles. The van der Waals surface area contributed by atoms with Crippen LogP contribution in [-0.2, 0) is 4.79 Å². The van der Waals surface area contributed by atoms with E-state index < -0.39 is 6.04 Å². The Morgan fingerprint density at radius 3 is 2.72 bits per heavy atom. The zero-order valence-corrected chi connectivity index (χ0v) is 17.2. The topological polar surface area (TPSA) is 75.4 Å². The van der Waals surface area contributed by atoms with Crippen LogP contribution in [0.2, 0.25) is 0 Å². The van der Waals surface area contributed by atoms with E-state index in [1.807, 2.05) is 13.8 Å². The summed E-state index contributed by atoms with van der Waals surface area (Å²) >= 11 is 0. The average molecular weight is 401 g/mol. The number of hydrogen-bond acceptors (Lipinski definition) is 4. The van der Waals surface area contributed by atoms with Crippen molar-refractivity contribution in [3.63, 3.8) is 0 Å². The molecule has 2 aromatic rings. The van der Waals surface area contributed by atoms with Crippen molar-refractivity contribution in [1.82, 2.24) is 15.4 Å². The van der Waals surface area contributed by atoms with Crippen LogP contribution in [0.3, 0.4) is 0 Å².